The molecule has 31 heavy (non-hydrogen) atoms. The highest BCUT2D eigenvalue weighted by Gasteiger charge is 2.58. The number of imide groups is 1. The Morgan fingerprint density at radius 1 is 1.06 bits per heavy atom. The Hall–Kier alpha value is -1.93. The molecule has 0 radical (unpaired) electrons. The summed E-state index contributed by atoms with van der Waals surface area (Å²) in [6, 6.07) is 0. The summed E-state index contributed by atoms with van der Waals surface area (Å²) in [4.78, 5) is 34.1. The fraction of sp³-hybridized carbons (Fsp3) is 0.783. The smallest absolute Gasteiger partial charge is 0.233 e. The third-order valence-corrected chi connectivity index (χ3v) is 6.93. The number of carbonyl (C=O) groups excluding carboxylic acids is 2. The van der Waals surface area contributed by atoms with Gasteiger partial charge in [-0.15, -0.1) is 0 Å². The van der Waals surface area contributed by atoms with Gasteiger partial charge in [0.05, 0.1) is 24.0 Å². The minimum absolute atomic E-state index is 0.0181. The van der Waals surface area contributed by atoms with Gasteiger partial charge in [0.15, 0.2) is 5.96 Å². The SMILES string of the molecule is CCNC(=NCCCN1CC(C)OC(C)C1)NCCN1C(=O)C2C3C=CC(C3)C2C1=O. The van der Waals surface area contributed by atoms with E-state index in [9.17, 15) is 9.59 Å². The second-order valence-corrected chi connectivity index (χ2v) is 9.39. The van der Waals surface area contributed by atoms with Crippen LogP contribution < -0.4 is 10.6 Å². The molecule has 2 amide bonds. The van der Waals surface area contributed by atoms with E-state index in [-0.39, 0.29) is 47.7 Å². The molecule has 172 valence electrons. The Bertz CT molecular complexity index is 699. The first kappa shape index (κ1) is 22.3. The molecule has 2 aliphatic heterocycles. The number of hydrogen-bond acceptors (Lipinski definition) is 5. The van der Waals surface area contributed by atoms with Crippen molar-refractivity contribution in [1.82, 2.24) is 20.4 Å². The van der Waals surface area contributed by atoms with Crippen LogP contribution in [0.5, 0.6) is 0 Å². The molecule has 4 rings (SSSR count). The molecule has 0 aromatic rings. The Kier molecular flexibility index (Phi) is 6.96. The number of nitrogens with one attached hydrogen (secondary N) is 2. The number of allylic oxidation sites excluding steroid dienone is 2. The molecule has 4 aliphatic rings. The molecule has 2 aliphatic carbocycles. The monoisotopic (exact) mass is 431 g/mol. The van der Waals surface area contributed by atoms with Crippen LogP contribution >= 0.6 is 0 Å². The van der Waals surface area contributed by atoms with Crippen molar-refractivity contribution in [3.05, 3.63) is 12.2 Å². The van der Waals surface area contributed by atoms with Gasteiger partial charge in [-0.3, -0.25) is 24.4 Å². The van der Waals surface area contributed by atoms with Crippen molar-refractivity contribution in [2.45, 2.75) is 45.8 Å². The molecular weight excluding hydrogens is 394 g/mol. The fourth-order valence-corrected chi connectivity index (χ4v) is 5.76. The maximum absolute atomic E-state index is 12.8. The topological polar surface area (TPSA) is 86.3 Å². The minimum Gasteiger partial charge on any atom is -0.373 e. The predicted molar refractivity (Wildman–Crippen MR) is 119 cm³/mol. The summed E-state index contributed by atoms with van der Waals surface area (Å²) in [5.41, 5.74) is 0. The summed E-state index contributed by atoms with van der Waals surface area (Å²) in [5.74, 6) is 1.08. The number of fused-ring (bicyclic) bond motifs is 5. The van der Waals surface area contributed by atoms with Gasteiger partial charge in [0.1, 0.15) is 0 Å². The Labute approximate surface area is 185 Å². The molecule has 3 fully saturated rings. The lowest BCUT2D eigenvalue weighted by atomic mass is 9.85. The first-order valence-corrected chi connectivity index (χ1v) is 11.9. The molecule has 2 N–H and O–H groups in total. The number of ether oxygens (including phenoxy) is 1. The van der Waals surface area contributed by atoms with Gasteiger partial charge in [-0.25, -0.2) is 0 Å². The standard InChI is InChI=1S/C23H37N5O3/c1-4-24-23(25-8-5-10-27-13-15(2)31-16(3)14-27)26-9-11-28-21(29)19-17-6-7-18(12-17)20(19)22(28)30/h6-7,15-20H,4-5,8-14H2,1-3H3,(H2,24,25,26). The molecule has 0 aromatic carbocycles. The minimum atomic E-state index is -0.116. The van der Waals surface area contributed by atoms with Gasteiger partial charge in [0.2, 0.25) is 11.8 Å². The van der Waals surface area contributed by atoms with Gasteiger partial charge >= 0.3 is 0 Å². The Morgan fingerprint density at radius 2 is 1.71 bits per heavy atom. The summed E-state index contributed by atoms with van der Waals surface area (Å²) < 4.78 is 5.79. The summed E-state index contributed by atoms with van der Waals surface area (Å²) >= 11 is 0. The molecule has 8 heteroatoms. The lowest BCUT2D eigenvalue weighted by Gasteiger charge is -2.35. The van der Waals surface area contributed by atoms with Crippen LogP contribution in [0.25, 0.3) is 0 Å². The second kappa shape index (κ2) is 9.69. The average Bonchev–Trinajstić information content (AvgIpc) is 3.40. The lowest BCUT2D eigenvalue weighted by molar-refractivity contribution is -0.140. The molecule has 2 saturated heterocycles. The summed E-state index contributed by atoms with van der Waals surface area (Å²) in [5, 5.41) is 6.54. The highest BCUT2D eigenvalue weighted by Crippen LogP contribution is 2.52. The molecule has 2 bridgehead atoms. The van der Waals surface area contributed by atoms with Crippen LogP contribution in [0.1, 0.15) is 33.6 Å². The van der Waals surface area contributed by atoms with Crippen LogP contribution in [-0.2, 0) is 14.3 Å². The quantitative estimate of drug-likeness (QED) is 0.195. The number of amides is 2. The molecule has 2 heterocycles. The predicted octanol–water partition coefficient (Wildman–Crippen LogP) is 0.848. The van der Waals surface area contributed by atoms with E-state index >= 15 is 0 Å². The average molecular weight is 432 g/mol. The Morgan fingerprint density at radius 3 is 2.32 bits per heavy atom. The second-order valence-electron chi connectivity index (χ2n) is 9.39. The normalized spacial score (nSPS) is 35.2. The molecule has 6 unspecified atom stereocenters. The number of likely N-dealkylation sites (tertiary alicyclic amines) is 1. The van der Waals surface area contributed by atoms with Crippen molar-refractivity contribution in [1.29, 1.82) is 0 Å². The molecule has 1 saturated carbocycles. The van der Waals surface area contributed by atoms with Crippen molar-refractivity contribution in [2.75, 3.05) is 45.8 Å². The number of morpholine rings is 1. The number of nitrogens with zero attached hydrogens (tertiary/aromatic N) is 3. The van der Waals surface area contributed by atoms with E-state index in [4.69, 9.17) is 4.74 Å². The number of aliphatic imine (C=N–C) groups is 1. The van der Waals surface area contributed by atoms with Crippen LogP contribution in [0.4, 0.5) is 0 Å². The molecular formula is C23H37N5O3. The van der Waals surface area contributed by atoms with Crippen molar-refractivity contribution < 1.29 is 14.3 Å². The van der Waals surface area contributed by atoms with Crippen LogP contribution in [0.3, 0.4) is 0 Å². The largest absolute Gasteiger partial charge is 0.373 e. The number of rotatable bonds is 8. The van der Waals surface area contributed by atoms with Crippen molar-refractivity contribution >= 4 is 17.8 Å². The van der Waals surface area contributed by atoms with Crippen LogP contribution in [0.2, 0.25) is 0 Å². The van der Waals surface area contributed by atoms with Crippen LogP contribution in [0.15, 0.2) is 17.1 Å². The van der Waals surface area contributed by atoms with Crippen LogP contribution in [0, 0.1) is 23.7 Å². The van der Waals surface area contributed by atoms with Crippen molar-refractivity contribution in [3.8, 4) is 0 Å². The summed E-state index contributed by atoms with van der Waals surface area (Å²) in [6.45, 7) is 11.7. The highest BCUT2D eigenvalue weighted by atomic mass is 16.5. The highest BCUT2D eigenvalue weighted by molar-refractivity contribution is 6.06. The molecule has 6 atom stereocenters. The van der Waals surface area contributed by atoms with Crippen molar-refractivity contribution in [2.24, 2.45) is 28.7 Å². The van der Waals surface area contributed by atoms with Gasteiger partial charge in [-0.2, -0.15) is 0 Å². The van der Waals surface area contributed by atoms with Gasteiger partial charge in [0.25, 0.3) is 0 Å². The number of carbonyl (C=O) groups is 2. The van der Waals surface area contributed by atoms with E-state index < -0.39 is 0 Å². The summed E-state index contributed by atoms with van der Waals surface area (Å²) in [6.07, 6.45) is 6.79. The lowest BCUT2D eigenvalue weighted by Crippen LogP contribution is -2.46. The maximum Gasteiger partial charge on any atom is 0.233 e. The van der Waals surface area contributed by atoms with Gasteiger partial charge in [-0.1, -0.05) is 12.2 Å². The first-order valence-electron chi connectivity index (χ1n) is 11.9. The van der Waals surface area contributed by atoms with E-state index in [2.05, 4.69) is 46.5 Å². The third kappa shape index (κ3) is 4.80. The molecule has 8 nitrogen and oxygen atoms in total. The molecule has 0 aromatic heterocycles. The van der Waals surface area contributed by atoms with Crippen LogP contribution in [-0.4, -0.2) is 85.6 Å². The van der Waals surface area contributed by atoms with Gasteiger partial charge in [0, 0.05) is 45.8 Å². The van der Waals surface area contributed by atoms with Gasteiger partial charge in [-0.05, 0) is 45.4 Å². The van der Waals surface area contributed by atoms with E-state index in [0.29, 0.717) is 13.1 Å². The van der Waals surface area contributed by atoms with E-state index in [1.807, 2.05) is 6.92 Å². The maximum atomic E-state index is 12.8. The zero-order valence-corrected chi connectivity index (χ0v) is 19.0. The van der Waals surface area contributed by atoms with E-state index in [1.54, 1.807) is 0 Å². The van der Waals surface area contributed by atoms with Gasteiger partial charge < -0.3 is 15.4 Å². The van der Waals surface area contributed by atoms with E-state index in [1.165, 1.54) is 4.90 Å². The first-order chi connectivity index (χ1) is 15.0. The fourth-order valence-electron chi connectivity index (χ4n) is 5.76. The number of hydrogen-bond donors (Lipinski definition) is 2. The zero-order chi connectivity index (χ0) is 22.0. The molecule has 0 spiro atoms. The summed E-state index contributed by atoms with van der Waals surface area (Å²) in [7, 11) is 0. The number of guanidine groups is 1. The van der Waals surface area contributed by atoms with Crippen molar-refractivity contribution in [3.63, 3.8) is 0 Å². The van der Waals surface area contributed by atoms with E-state index in [0.717, 1.165) is 51.5 Å². The third-order valence-electron chi connectivity index (χ3n) is 6.93. The zero-order valence-electron chi connectivity index (χ0n) is 19.0. The Balaban J connectivity index is 1.21.